The Balaban J connectivity index is 2.20. The molecule has 0 saturated carbocycles. The molecule has 0 unspecified atom stereocenters. The van der Waals surface area contributed by atoms with Gasteiger partial charge in [-0.1, -0.05) is 37.3 Å². The Morgan fingerprint density at radius 1 is 1.04 bits per heavy atom. The van der Waals surface area contributed by atoms with Crippen molar-refractivity contribution < 1.29 is 19.1 Å². The second-order valence-electron chi connectivity index (χ2n) is 6.29. The zero-order chi connectivity index (χ0) is 20.4. The number of amides is 2. The van der Waals surface area contributed by atoms with E-state index in [1.165, 1.54) is 0 Å². The highest BCUT2D eigenvalue weighted by Crippen LogP contribution is 2.18. The fourth-order valence-corrected chi connectivity index (χ4v) is 2.92. The number of rotatable bonds is 10. The lowest BCUT2D eigenvalue weighted by Crippen LogP contribution is -2.50. The van der Waals surface area contributed by atoms with Crippen LogP contribution >= 0.6 is 0 Å². The van der Waals surface area contributed by atoms with Crippen LogP contribution < -0.4 is 14.8 Å². The Labute approximate surface area is 166 Å². The van der Waals surface area contributed by atoms with Crippen LogP contribution in [0.3, 0.4) is 0 Å². The number of carbonyl (C=O) groups is 2. The highest BCUT2D eigenvalue weighted by Gasteiger charge is 2.28. The van der Waals surface area contributed by atoms with Crippen LogP contribution in [0.2, 0.25) is 0 Å². The molecule has 0 aliphatic heterocycles. The molecule has 2 aromatic carbocycles. The third kappa shape index (κ3) is 6.01. The van der Waals surface area contributed by atoms with Crippen molar-refractivity contribution in [3.63, 3.8) is 0 Å². The molecule has 0 aliphatic carbocycles. The van der Waals surface area contributed by atoms with Gasteiger partial charge < -0.3 is 19.7 Å². The molecule has 2 rings (SSSR count). The summed E-state index contributed by atoms with van der Waals surface area (Å²) in [6.07, 6.45) is 0.507. The highest BCUT2D eigenvalue weighted by molar-refractivity contribution is 5.88. The molecule has 1 atom stereocenters. The van der Waals surface area contributed by atoms with Crippen LogP contribution in [0.15, 0.2) is 54.6 Å². The van der Waals surface area contributed by atoms with Crippen LogP contribution in [0.5, 0.6) is 11.5 Å². The molecule has 1 N–H and O–H groups in total. The number of hydrogen-bond donors (Lipinski definition) is 1. The summed E-state index contributed by atoms with van der Waals surface area (Å²) in [6.45, 7) is 4.42. The summed E-state index contributed by atoms with van der Waals surface area (Å²) in [5.74, 6) is 0.908. The monoisotopic (exact) mass is 384 g/mol. The molecule has 0 heterocycles. The van der Waals surface area contributed by atoms with Gasteiger partial charge >= 0.3 is 0 Å². The molecule has 0 fully saturated rings. The second kappa shape index (κ2) is 11.0. The number of nitrogens with one attached hydrogen (secondary N) is 1. The number of para-hydroxylation sites is 1. The summed E-state index contributed by atoms with van der Waals surface area (Å²) in [5, 5.41) is 2.82. The molecule has 6 nitrogen and oxygen atoms in total. The van der Waals surface area contributed by atoms with Gasteiger partial charge in [0.05, 0.1) is 7.11 Å². The molecular weight excluding hydrogens is 356 g/mol. The van der Waals surface area contributed by atoms with Crippen molar-refractivity contribution in [3.8, 4) is 11.5 Å². The van der Waals surface area contributed by atoms with Gasteiger partial charge in [-0.2, -0.15) is 0 Å². The van der Waals surface area contributed by atoms with Gasteiger partial charge in [-0.05, 0) is 43.2 Å². The Bertz CT molecular complexity index is 764. The van der Waals surface area contributed by atoms with Gasteiger partial charge in [0, 0.05) is 13.1 Å². The summed E-state index contributed by atoms with van der Waals surface area (Å²) in [5.41, 5.74) is 0.884. The predicted molar refractivity (Wildman–Crippen MR) is 108 cm³/mol. The van der Waals surface area contributed by atoms with E-state index >= 15 is 0 Å². The fourth-order valence-electron chi connectivity index (χ4n) is 2.92. The van der Waals surface area contributed by atoms with Gasteiger partial charge in [-0.25, -0.2) is 0 Å². The van der Waals surface area contributed by atoms with Crippen molar-refractivity contribution >= 4 is 11.8 Å². The van der Waals surface area contributed by atoms with Crippen molar-refractivity contribution in [1.29, 1.82) is 0 Å². The molecular formula is C22H28N2O4. The second-order valence-corrected chi connectivity index (χ2v) is 6.29. The molecule has 0 spiro atoms. The summed E-state index contributed by atoms with van der Waals surface area (Å²) in [4.78, 5) is 27.1. The van der Waals surface area contributed by atoms with Crippen molar-refractivity contribution in [3.05, 3.63) is 60.2 Å². The maximum absolute atomic E-state index is 13.0. The first-order chi connectivity index (χ1) is 13.6. The SMILES string of the molecule is CCNC(=O)[C@@H](CC)N(Cc1cccc(OC)c1)C(=O)COc1ccccc1. The number of carbonyl (C=O) groups excluding carboxylic acids is 2. The van der Waals surface area contributed by atoms with Crippen LogP contribution in [0.4, 0.5) is 0 Å². The van der Waals surface area contributed by atoms with E-state index in [1.54, 1.807) is 24.1 Å². The van der Waals surface area contributed by atoms with Crippen LogP contribution in [0, 0.1) is 0 Å². The number of ether oxygens (including phenoxy) is 2. The smallest absolute Gasteiger partial charge is 0.261 e. The lowest BCUT2D eigenvalue weighted by molar-refractivity contribution is -0.142. The minimum atomic E-state index is -0.571. The third-order valence-electron chi connectivity index (χ3n) is 4.33. The molecule has 28 heavy (non-hydrogen) atoms. The zero-order valence-corrected chi connectivity index (χ0v) is 16.7. The molecule has 150 valence electrons. The van der Waals surface area contributed by atoms with Crippen molar-refractivity contribution in [1.82, 2.24) is 10.2 Å². The van der Waals surface area contributed by atoms with Crippen LogP contribution in [-0.2, 0) is 16.1 Å². The van der Waals surface area contributed by atoms with E-state index in [0.29, 0.717) is 31.0 Å². The summed E-state index contributed by atoms with van der Waals surface area (Å²) in [7, 11) is 1.60. The topological polar surface area (TPSA) is 67.9 Å². The van der Waals surface area contributed by atoms with Gasteiger partial charge in [0.1, 0.15) is 17.5 Å². The van der Waals surface area contributed by atoms with Crippen molar-refractivity contribution in [2.75, 3.05) is 20.3 Å². The van der Waals surface area contributed by atoms with E-state index in [1.807, 2.05) is 56.3 Å². The lowest BCUT2D eigenvalue weighted by atomic mass is 10.1. The molecule has 0 saturated heterocycles. The lowest BCUT2D eigenvalue weighted by Gasteiger charge is -2.30. The molecule has 2 amide bonds. The van der Waals surface area contributed by atoms with Crippen LogP contribution in [0.25, 0.3) is 0 Å². The third-order valence-corrected chi connectivity index (χ3v) is 4.33. The van der Waals surface area contributed by atoms with E-state index < -0.39 is 6.04 Å². The average Bonchev–Trinajstić information content (AvgIpc) is 2.73. The number of likely N-dealkylation sites (N-methyl/N-ethyl adjacent to an activating group) is 1. The first-order valence-corrected chi connectivity index (χ1v) is 9.47. The Kier molecular flexibility index (Phi) is 8.34. The summed E-state index contributed by atoms with van der Waals surface area (Å²) >= 11 is 0. The quantitative estimate of drug-likeness (QED) is 0.684. The molecule has 2 aromatic rings. The van der Waals surface area contributed by atoms with Gasteiger partial charge in [0.25, 0.3) is 5.91 Å². The normalized spacial score (nSPS) is 11.4. The minimum Gasteiger partial charge on any atom is -0.497 e. The van der Waals surface area contributed by atoms with Gasteiger partial charge in [-0.3, -0.25) is 9.59 Å². The van der Waals surface area contributed by atoms with Gasteiger partial charge in [0.2, 0.25) is 5.91 Å². The van der Waals surface area contributed by atoms with Crippen molar-refractivity contribution in [2.45, 2.75) is 32.9 Å². The molecule has 0 aromatic heterocycles. The first kappa shape index (κ1) is 21.3. The largest absolute Gasteiger partial charge is 0.497 e. The van der Waals surface area contributed by atoms with E-state index in [-0.39, 0.29) is 18.4 Å². The Morgan fingerprint density at radius 2 is 1.75 bits per heavy atom. The van der Waals surface area contributed by atoms with Gasteiger partial charge in [0.15, 0.2) is 6.61 Å². The molecule has 0 radical (unpaired) electrons. The van der Waals surface area contributed by atoms with Crippen LogP contribution in [0.1, 0.15) is 25.8 Å². The summed E-state index contributed by atoms with van der Waals surface area (Å²) in [6, 6.07) is 16.1. The Morgan fingerprint density at radius 3 is 2.39 bits per heavy atom. The fraction of sp³-hybridized carbons (Fsp3) is 0.364. The average molecular weight is 384 g/mol. The van der Waals surface area contributed by atoms with E-state index in [2.05, 4.69) is 5.32 Å². The number of benzene rings is 2. The molecule has 0 bridgehead atoms. The molecule has 6 heteroatoms. The first-order valence-electron chi connectivity index (χ1n) is 9.47. The molecule has 0 aliphatic rings. The Hall–Kier alpha value is -3.02. The van der Waals surface area contributed by atoms with E-state index in [9.17, 15) is 9.59 Å². The van der Waals surface area contributed by atoms with Crippen LogP contribution in [-0.4, -0.2) is 43.0 Å². The maximum atomic E-state index is 13.0. The standard InChI is InChI=1S/C22H28N2O4/c1-4-20(22(26)23-5-2)24(15-17-10-9-13-19(14-17)27-3)21(25)16-28-18-11-7-6-8-12-18/h6-14,20H,4-5,15-16H2,1-3H3,(H,23,26)/t20-/m1/s1. The van der Waals surface area contributed by atoms with E-state index in [4.69, 9.17) is 9.47 Å². The number of hydrogen-bond acceptors (Lipinski definition) is 4. The number of nitrogens with zero attached hydrogens (tertiary/aromatic N) is 1. The van der Waals surface area contributed by atoms with E-state index in [0.717, 1.165) is 5.56 Å². The highest BCUT2D eigenvalue weighted by atomic mass is 16.5. The maximum Gasteiger partial charge on any atom is 0.261 e. The van der Waals surface area contributed by atoms with Crippen molar-refractivity contribution in [2.24, 2.45) is 0 Å². The minimum absolute atomic E-state index is 0.135. The number of methoxy groups -OCH3 is 1. The summed E-state index contributed by atoms with van der Waals surface area (Å²) < 4.78 is 10.9. The van der Waals surface area contributed by atoms with Gasteiger partial charge in [-0.15, -0.1) is 0 Å². The zero-order valence-electron chi connectivity index (χ0n) is 16.7. The predicted octanol–water partition coefficient (Wildman–Crippen LogP) is 3.02.